The number of nitrogens with zero attached hydrogens (tertiary/aromatic N) is 5. The molecule has 4 heterocycles. The summed E-state index contributed by atoms with van der Waals surface area (Å²) in [6, 6.07) is 29.8. The molecule has 1 aliphatic rings. The maximum Gasteiger partial charge on any atom is 0.270 e. The number of aromatic nitrogens is 5. The molecule has 0 radical (unpaired) electrons. The Bertz CT molecular complexity index is 1960. The highest BCUT2D eigenvalue weighted by Crippen LogP contribution is 2.32. The molecule has 1 fully saturated rings. The van der Waals surface area contributed by atoms with Crippen LogP contribution in [0.25, 0.3) is 39.5 Å². The molecule has 236 valence electrons. The lowest BCUT2D eigenvalue weighted by atomic mass is 9.90. The molecular formula is C39H39N7O. The molecule has 47 heavy (non-hydrogen) atoms. The van der Waals surface area contributed by atoms with Gasteiger partial charge in [-0.3, -0.25) is 14.3 Å². The Morgan fingerprint density at radius 2 is 1.55 bits per heavy atom. The first kappa shape index (κ1) is 30.3. The molecule has 0 unspecified atom stereocenters. The molecule has 1 aliphatic carbocycles. The van der Waals surface area contributed by atoms with Gasteiger partial charge in [-0.2, -0.15) is 0 Å². The number of hydrogen-bond acceptors (Lipinski definition) is 6. The van der Waals surface area contributed by atoms with Gasteiger partial charge >= 0.3 is 0 Å². The average Bonchev–Trinajstić information content (AvgIpc) is 3.56. The molecule has 0 atom stereocenters. The largest absolute Gasteiger partial charge is 0.383 e. The normalized spacial score (nSPS) is 14.3. The molecule has 2 aromatic carbocycles. The zero-order chi connectivity index (χ0) is 32.0. The number of nitrogen functional groups attached to an aromatic ring is 1. The van der Waals surface area contributed by atoms with Crippen LogP contribution >= 0.6 is 0 Å². The number of fused-ring (bicyclic) bond motifs is 1. The Morgan fingerprint density at radius 1 is 0.787 bits per heavy atom. The Balaban J connectivity index is 1.11. The molecule has 8 nitrogen and oxygen atoms in total. The van der Waals surface area contributed by atoms with Crippen molar-refractivity contribution in [3.05, 3.63) is 120 Å². The number of carbonyl (C=O) groups is 1. The van der Waals surface area contributed by atoms with Crippen molar-refractivity contribution in [2.24, 2.45) is 0 Å². The van der Waals surface area contributed by atoms with E-state index in [1.165, 1.54) is 56.9 Å². The molecule has 0 spiro atoms. The van der Waals surface area contributed by atoms with Crippen molar-refractivity contribution in [2.45, 2.75) is 63.8 Å². The smallest absolute Gasteiger partial charge is 0.270 e. The van der Waals surface area contributed by atoms with E-state index in [1.807, 2.05) is 95.7 Å². The predicted molar refractivity (Wildman–Crippen MR) is 187 cm³/mol. The van der Waals surface area contributed by atoms with Crippen LogP contribution in [0.15, 0.2) is 103 Å². The highest BCUT2D eigenvalue weighted by atomic mass is 16.1. The van der Waals surface area contributed by atoms with Gasteiger partial charge in [-0.1, -0.05) is 87.1 Å². The second-order valence-electron chi connectivity index (χ2n) is 12.3. The molecule has 8 heteroatoms. The fraction of sp³-hybridized carbons (Fsp3) is 0.256. The summed E-state index contributed by atoms with van der Waals surface area (Å²) in [5.41, 5.74) is 13.9. The van der Waals surface area contributed by atoms with E-state index in [0.717, 1.165) is 39.2 Å². The van der Waals surface area contributed by atoms with E-state index in [-0.39, 0.29) is 5.91 Å². The third-order valence-electron chi connectivity index (χ3n) is 9.15. The number of imidazole rings is 1. The summed E-state index contributed by atoms with van der Waals surface area (Å²) < 4.78 is 2.01. The molecular weight excluding hydrogens is 582 g/mol. The van der Waals surface area contributed by atoms with Gasteiger partial charge in [-0.15, -0.1) is 0 Å². The fourth-order valence-corrected chi connectivity index (χ4v) is 6.54. The number of rotatable bonds is 7. The highest BCUT2D eigenvalue weighted by Gasteiger charge is 2.19. The van der Waals surface area contributed by atoms with Crippen LogP contribution in [-0.2, 0) is 6.54 Å². The van der Waals surface area contributed by atoms with Crippen molar-refractivity contribution in [2.75, 3.05) is 5.73 Å². The van der Waals surface area contributed by atoms with Crippen LogP contribution in [-0.4, -0.2) is 30.4 Å². The molecule has 6 aromatic rings. The number of nitrogens with two attached hydrogens (primary N) is 1. The first-order chi connectivity index (χ1) is 23.1. The molecule has 3 N–H and O–H groups in total. The van der Waals surface area contributed by atoms with Crippen LogP contribution in [0.5, 0.6) is 0 Å². The number of benzene rings is 2. The quantitative estimate of drug-likeness (QED) is 0.186. The number of anilines is 1. The zero-order valence-corrected chi connectivity index (χ0v) is 26.5. The fourth-order valence-electron chi connectivity index (χ4n) is 6.54. The maximum atomic E-state index is 13.0. The topological polar surface area (TPSA) is 112 Å². The van der Waals surface area contributed by atoms with E-state index in [9.17, 15) is 4.79 Å². The maximum absolute atomic E-state index is 13.0. The van der Waals surface area contributed by atoms with Gasteiger partial charge in [0, 0.05) is 30.2 Å². The van der Waals surface area contributed by atoms with Crippen LogP contribution in [0.4, 0.5) is 5.82 Å². The van der Waals surface area contributed by atoms with Gasteiger partial charge in [-0.05, 0) is 72.4 Å². The molecule has 0 aliphatic heterocycles. The van der Waals surface area contributed by atoms with Crippen molar-refractivity contribution in [3.8, 4) is 28.3 Å². The van der Waals surface area contributed by atoms with Gasteiger partial charge in [-0.25, -0.2) is 15.0 Å². The summed E-state index contributed by atoms with van der Waals surface area (Å²) in [6.45, 7) is 0.384. The van der Waals surface area contributed by atoms with Crippen molar-refractivity contribution < 1.29 is 4.79 Å². The Hall–Kier alpha value is -5.37. The minimum atomic E-state index is -0.178. The summed E-state index contributed by atoms with van der Waals surface area (Å²) in [6.07, 6.45) is 13.9. The van der Waals surface area contributed by atoms with E-state index >= 15 is 0 Å². The van der Waals surface area contributed by atoms with Crippen LogP contribution in [0.3, 0.4) is 0 Å². The van der Waals surface area contributed by atoms with Crippen LogP contribution in [0.1, 0.15) is 78.9 Å². The highest BCUT2D eigenvalue weighted by molar-refractivity contribution is 5.92. The van der Waals surface area contributed by atoms with Crippen molar-refractivity contribution in [1.29, 1.82) is 0 Å². The Morgan fingerprint density at radius 3 is 2.28 bits per heavy atom. The summed E-state index contributed by atoms with van der Waals surface area (Å²) in [4.78, 5) is 31.8. The van der Waals surface area contributed by atoms with E-state index in [1.54, 1.807) is 6.20 Å². The van der Waals surface area contributed by atoms with E-state index in [2.05, 4.69) is 21.4 Å². The summed E-state index contributed by atoms with van der Waals surface area (Å²) >= 11 is 0. The Labute approximate surface area is 275 Å². The van der Waals surface area contributed by atoms with Crippen LogP contribution < -0.4 is 11.1 Å². The van der Waals surface area contributed by atoms with Crippen molar-refractivity contribution >= 4 is 22.9 Å². The number of nitrogens with one attached hydrogen (secondary N) is 1. The van der Waals surface area contributed by atoms with Gasteiger partial charge in [0.15, 0.2) is 11.5 Å². The number of hydrogen-bond donors (Lipinski definition) is 2. The third kappa shape index (κ3) is 6.77. The van der Waals surface area contributed by atoms with E-state index in [4.69, 9.17) is 15.7 Å². The summed E-state index contributed by atoms with van der Waals surface area (Å²) in [5.74, 6) is 1.42. The standard InChI is InChI=1S/C39H39N7O/c40-36-32(15-10-24-41-36)37-45-34-23-22-33(29-13-8-5-9-14-29)44-38(34)46(37)31-19-16-27(17-20-31)25-43-39(47)35-21-18-30(26-42-35)28-11-6-3-1-2-4-7-12-28/h5,8-10,13-24,26,28H,1-4,6-7,11-12,25H2,(H2,40,41)(H,43,47). The molecule has 7 rings (SSSR count). The molecule has 0 saturated heterocycles. The van der Waals surface area contributed by atoms with Crippen LogP contribution in [0, 0.1) is 0 Å². The second-order valence-corrected chi connectivity index (χ2v) is 12.3. The van der Waals surface area contributed by atoms with Gasteiger partial charge in [0.1, 0.15) is 17.0 Å². The molecule has 1 saturated carbocycles. The summed E-state index contributed by atoms with van der Waals surface area (Å²) in [5, 5.41) is 3.04. The first-order valence-corrected chi connectivity index (χ1v) is 16.6. The van der Waals surface area contributed by atoms with Gasteiger partial charge in [0.2, 0.25) is 0 Å². The second kappa shape index (κ2) is 14.0. The molecule has 1 amide bonds. The third-order valence-corrected chi connectivity index (χ3v) is 9.15. The average molecular weight is 622 g/mol. The van der Waals surface area contributed by atoms with Gasteiger partial charge in [0.25, 0.3) is 5.91 Å². The number of pyridine rings is 3. The first-order valence-electron chi connectivity index (χ1n) is 16.6. The predicted octanol–water partition coefficient (Wildman–Crippen LogP) is 8.27. The minimum Gasteiger partial charge on any atom is -0.383 e. The molecule has 0 bridgehead atoms. The number of amides is 1. The minimum absolute atomic E-state index is 0.178. The van der Waals surface area contributed by atoms with Gasteiger partial charge < -0.3 is 11.1 Å². The number of carbonyl (C=O) groups excluding carboxylic acids is 1. The molecule has 4 aromatic heterocycles. The SMILES string of the molecule is Nc1ncccc1-c1nc2ccc(-c3ccccc3)nc2n1-c1ccc(CNC(=O)c2ccc(C3CCCCCCCC3)cn2)cc1. The van der Waals surface area contributed by atoms with Crippen LogP contribution in [0.2, 0.25) is 0 Å². The summed E-state index contributed by atoms with van der Waals surface area (Å²) in [7, 11) is 0. The van der Waals surface area contributed by atoms with Gasteiger partial charge in [0.05, 0.1) is 11.3 Å². The van der Waals surface area contributed by atoms with E-state index < -0.39 is 0 Å². The van der Waals surface area contributed by atoms with Crippen molar-refractivity contribution in [3.63, 3.8) is 0 Å². The van der Waals surface area contributed by atoms with Crippen molar-refractivity contribution in [1.82, 2.24) is 29.8 Å². The Kier molecular flexibility index (Phi) is 8.99. The van der Waals surface area contributed by atoms with E-state index in [0.29, 0.717) is 29.8 Å². The lowest BCUT2D eigenvalue weighted by Crippen LogP contribution is -2.23. The monoisotopic (exact) mass is 621 g/mol. The lowest BCUT2D eigenvalue weighted by molar-refractivity contribution is 0.0946. The lowest BCUT2D eigenvalue weighted by Gasteiger charge is -2.16. The zero-order valence-electron chi connectivity index (χ0n) is 26.5.